The van der Waals surface area contributed by atoms with E-state index in [0.29, 0.717) is 12.8 Å². The zero-order chi connectivity index (χ0) is 61.7. The topological polar surface area (TPSA) is 175 Å². The molecular formula is C74H133NO10. The van der Waals surface area contributed by atoms with Gasteiger partial charge in [-0.3, -0.25) is 9.59 Å². The van der Waals surface area contributed by atoms with Gasteiger partial charge in [-0.25, -0.2) is 0 Å². The van der Waals surface area contributed by atoms with Gasteiger partial charge in [0.25, 0.3) is 0 Å². The van der Waals surface area contributed by atoms with E-state index in [9.17, 15) is 35.1 Å². The monoisotopic (exact) mass is 1200 g/mol. The van der Waals surface area contributed by atoms with Crippen molar-refractivity contribution in [2.24, 2.45) is 0 Å². The molecule has 0 spiro atoms. The molecule has 494 valence electrons. The van der Waals surface area contributed by atoms with Crippen molar-refractivity contribution in [2.75, 3.05) is 13.2 Å². The maximum atomic E-state index is 13.5. The number of ether oxygens (including phenoxy) is 3. The van der Waals surface area contributed by atoms with Gasteiger partial charge in [0, 0.05) is 6.42 Å². The molecule has 8 unspecified atom stereocenters. The summed E-state index contributed by atoms with van der Waals surface area (Å²) in [5.41, 5.74) is 0. The molecule has 0 aromatic heterocycles. The van der Waals surface area contributed by atoms with Gasteiger partial charge in [-0.15, -0.1) is 0 Å². The number of allylic oxidation sites excluding steroid dienone is 11. The molecule has 0 aromatic rings. The van der Waals surface area contributed by atoms with Crippen LogP contribution in [0.15, 0.2) is 72.9 Å². The number of nitrogens with one attached hydrogen (secondary N) is 1. The fourth-order valence-corrected chi connectivity index (χ4v) is 10.9. The first kappa shape index (κ1) is 80.1. The van der Waals surface area contributed by atoms with Crippen LogP contribution >= 0.6 is 0 Å². The summed E-state index contributed by atoms with van der Waals surface area (Å²) in [4.78, 5) is 26.7. The minimum atomic E-state index is -1.62. The standard InChI is InChI=1S/C74H133NO10/c1-4-7-10-13-16-19-22-24-26-28-30-31-32-33-34-35-36-37-38-40-42-44-47-50-53-56-59-62-69(79)85-72-71(81)70(80)68(63-76)84-74(72)83-64-65(66(77)60-57-54-51-48-45-21-18-15-12-9-6-3)75-73(82)67(78)61-58-55-52-49-46-43-41-39-29-27-25-23-20-17-14-11-8-5-2/h16-17,19-20,24-27,30-31,57,60,65-68,70-72,74,76-78,80-81H,4-15,18,21-23,28-29,32-56,58-59,61-64H2,1-3H3,(H,75,82)/b19-16-,20-17-,26-24-,27-25-,31-30-,60-57+. The number of rotatable bonds is 61. The number of aliphatic hydroxyl groups is 5. The Morgan fingerprint density at radius 2 is 0.812 bits per heavy atom. The molecule has 1 heterocycles. The highest BCUT2D eigenvalue weighted by atomic mass is 16.7. The van der Waals surface area contributed by atoms with Crippen LogP contribution in [0.5, 0.6) is 0 Å². The lowest BCUT2D eigenvalue weighted by Gasteiger charge is -2.41. The van der Waals surface area contributed by atoms with Crippen molar-refractivity contribution >= 4 is 11.9 Å². The van der Waals surface area contributed by atoms with Gasteiger partial charge in [0.15, 0.2) is 12.4 Å². The molecule has 0 aliphatic carbocycles. The third-order valence-corrected chi connectivity index (χ3v) is 16.6. The van der Waals surface area contributed by atoms with Crippen molar-refractivity contribution in [3.63, 3.8) is 0 Å². The first-order valence-electron chi connectivity index (χ1n) is 35.7. The van der Waals surface area contributed by atoms with E-state index in [1.165, 1.54) is 193 Å². The quantitative estimate of drug-likeness (QED) is 0.0195. The molecule has 1 fully saturated rings. The van der Waals surface area contributed by atoms with E-state index in [4.69, 9.17) is 14.2 Å². The second kappa shape index (κ2) is 61.3. The van der Waals surface area contributed by atoms with Gasteiger partial charge >= 0.3 is 5.97 Å². The molecule has 85 heavy (non-hydrogen) atoms. The van der Waals surface area contributed by atoms with Crippen LogP contribution in [0.2, 0.25) is 0 Å². The number of carbonyl (C=O) groups excluding carboxylic acids is 2. The Labute approximate surface area is 521 Å². The van der Waals surface area contributed by atoms with Crippen molar-refractivity contribution in [3.05, 3.63) is 72.9 Å². The van der Waals surface area contributed by atoms with Gasteiger partial charge in [-0.1, -0.05) is 293 Å². The van der Waals surface area contributed by atoms with E-state index >= 15 is 0 Å². The Bertz CT molecular complexity index is 1660. The molecule has 11 nitrogen and oxygen atoms in total. The number of carbonyl (C=O) groups is 2. The molecule has 1 aliphatic rings. The van der Waals surface area contributed by atoms with Crippen LogP contribution in [0.3, 0.4) is 0 Å². The Morgan fingerprint density at radius 1 is 0.459 bits per heavy atom. The maximum absolute atomic E-state index is 13.5. The van der Waals surface area contributed by atoms with Gasteiger partial charge in [0.2, 0.25) is 5.91 Å². The summed E-state index contributed by atoms with van der Waals surface area (Å²) >= 11 is 0. The van der Waals surface area contributed by atoms with Gasteiger partial charge in [-0.05, 0) is 96.3 Å². The number of esters is 1. The van der Waals surface area contributed by atoms with Crippen molar-refractivity contribution < 1.29 is 49.3 Å². The van der Waals surface area contributed by atoms with Crippen LogP contribution < -0.4 is 5.32 Å². The molecule has 0 radical (unpaired) electrons. The van der Waals surface area contributed by atoms with E-state index in [2.05, 4.69) is 86.8 Å². The minimum Gasteiger partial charge on any atom is -0.454 e. The number of hydrogen-bond donors (Lipinski definition) is 6. The lowest BCUT2D eigenvalue weighted by molar-refractivity contribution is -0.305. The lowest BCUT2D eigenvalue weighted by atomic mass is 9.99. The van der Waals surface area contributed by atoms with Crippen molar-refractivity contribution in [3.8, 4) is 0 Å². The molecule has 0 bridgehead atoms. The Kier molecular flexibility index (Phi) is 57.8. The van der Waals surface area contributed by atoms with Crippen LogP contribution in [0.4, 0.5) is 0 Å². The van der Waals surface area contributed by atoms with Gasteiger partial charge < -0.3 is 45.1 Å². The summed E-state index contributed by atoms with van der Waals surface area (Å²) in [7, 11) is 0. The van der Waals surface area contributed by atoms with Crippen LogP contribution in [0, 0.1) is 0 Å². The van der Waals surface area contributed by atoms with Gasteiger partial charge in [0.05, 0.1) is 25.4 Å². The predicted octanol–water partition coefficient (Wildman–Crippen LogP) is 18.3. The molecule has 1 saturated heterocycles. The summed E-state index contributed by atoms with van der Waals surface area (Å²) in [5.74, 6) is -1.19. The smallest absolute Gasteiger partial charge is 0.306 e. The molecule has 1 amide bonds. The number of aliphatic hydroxyl groups excluding tert-OH is 5. The highest BCUT2D eigenvalue weighted by molar-refractivity contribution is 5.80. The summed E-state index contributed by atoms with van der Waals surface area (Å²) in [6.07, 6.45) is 69.4. The average molecular weight is 1200 g/mol. The normalized spacial score (nSPS) is 18.8. The number of unbranched alkanes of at least 4 members (excludes halogenated alkanes) is 37. The first-order chi connectivity index (χ1) is 41.7. The first-order valence-corrected chi connectivity index (χ1v) is 35.7. The minimum absolute atomic E-state index is 0.121. The SMILES string of the molecule is CCCCC/C=C\C/C=C\C/C=C\CCCCCCCCCCCCCCCCC(=O)OC1C(OCC(NC(=O)C(O)CCCCCCCCCC/C=C\C/C=C\CCCCC)C(O)/C=C/CCCCCCCCCCC)OC(CO)C(O)C1O. The van der Waals surface area contributed by atoms with Gasteiger partial charge in [-0.2, -0.15) is 0 Å². The molecule has 0 saturated carbocycles. The third-order valence-electron chi connectivity index (χ3n) is 16.6. The summed E-state index contributed by atoms with van der Waals surface area (Å²) in [6, 6.07) is -1.03. The van der Waals surface area contributed by atoms with Crippen molar-refractivity contribution in [1.29, 1.82) is 0 Å². The zero-order valence-electron chi connectivity index (χ0n) is 55.0. The number of amides is 1. The Morgan fingerprint density at radius 3 is 1.24 bits per heavy atom. The highest BCUT2D eigenvalue weighted by Gasteiger charge is 2.47. The lowest BCUT2D eigenvalue weighted by Crippen LogP contribution is -2.61. The van der Waals surface area contributed by atoms with E-state index < -0.39 is 67.4 Å². The molecule has 6 N–H and O–H groups in total. The maximum Gasteiger partial charge on any atom is 0.306 e. The van der Waals surface area contributed by atoms with E-state index in [-0.39, 0.29) is 19.4 Å². The van der Waals surface area contributed by atoms with Crippen LogP contribution in [-0.4, -0.2) is 99.6 Å². The summed E-state index contributed by atoms with van der Waals surface area (Å²) in [6.45, 7) is 5.76. The van der Waals surface area contributed by atoms with E-state index in [1.54, 1.807) is 6.08 Å². The molecule has 8 atom stereocenters. The van der Waals surface area contributed by atoms with Crippen LogP contribution in [0.1, 0.15) is 323 Å². The number of hydrogen-bond acceptors (Lipinski definition) is 10. The molecular weight excluding hydrogens is 1060 g/mol. The van der Waals surface area contributed by atoms with Crippen LogP contribution in [0.25, 0.3) is 0 Å². The fourth-order valence-electron chi connectivity index (χ4n) is 10.9. The zero-order valence-corrected chi connectivity index (χ0v) is 55.0. The molecule has 1 rings (SSSR count). The van der Waals surface area contributed by atoms with E-state index in [0.717, 1.165) is 83.5 Å². The van der Waals surface area contributed by atoms with E-state index in [1.807, 2.05) is 6.08 Å². The second-order valence-electron chi connectivity index (χ2n) is 24.6. The Balaban J connectivity index is 2.53. The third kappa shape index (κ3) is 48.7. The second-order valence-corrected chi connectivity index (χ2v) is 24.6. The molecule has 1 aliphatic heterocycles. The highest BCUT2D eigenvalue weighted by Crippen LogP contribution is 2.26. The van der Waals surface area contributed by atoms with Gasteiger partial charge in [0.1, 0.15) is 24.4 Å². The average Bonchev–Trinajstić information content (AvgIpc) is 2.92. The molecule has 11 heteroatoms. The largest absolute Gasteiger partial charge is 0.454 e. The Hall–Kier alpha value is -2.90. The molecule has 0 aromatic carbocycles. The van der Waals surface area contributed by atoms with Crippen molar-refractivity contribution in [1.82, 2.24) is 5.32 Å². The van der Waals surface area contributed by atoms with Crippen LogP contribution in [-0.2, 0) is 23.8 Å². The predicted molar refractivity (Wildman–Crippen MR) is 356 cm³/mol. The fraction of sp³-hybridized carbons (Fsp3) is 0.811. The summed E-state index contributed by atoms with van der Waals surface area (Å²) in [5, 5.41) is 57.2. The summed E-state index contributed by atoms with van der Waals surface area (Å²) < 4.78 is 17.7. The van der Waals surface area contributed by atoms with Crippen molar-refractivity contribution in [2.45, 2.75) is 372 Å².